The molecular weight excluding hydrogens is 425 g/mol. The lowest BCUT2D eigenvalue weighted by Gasteiger charge is -2.22. The standard InChI is InChI=1S/C22H23F3N4O3/c1-21(2,31)15-11-17-13(12-29(28-17)14-6-8-32-9-7-14)10-18(15)27-20(30)16-4-3-5-19(26-16)22(23,24)25/h3-5,10-12,14,31H,6-9H2,1-2H3,(H,27,30). The van der Waals surface area contributed by atoms with Crippen molar-refractivity contribution in [3.63, 3.8) is 0 Å². The number of aromatic nitrogens is 3. The van der Waals surface area contributed by atoms with Crippen molar-refractivity contribution in [3.05, 3.63) is 53.5 Å². The van der Waals surface area contributed by atoms with Crippen LogP contribution in [0.2, 0.25) is 0 Å². The number of ether oxygens (including phenoxy) is 1. The summed E-state index contributed by atoms with van der Waals surface area (Å²) in [5.41, 5.74) is -1.55. The summed E-state index contributed by atoms with van der Waals surface area (Å²) in [5.74, 6) is -0.808. The molecule has 1 saturated heterocycles. The Labute approximate surface area is 182 Å². The van der Waals surface area contributed by atoms with E-state index in [1.165, 1.54) is 6.07 Å². The van der Waals surface area contributed by atoms with Gasteiger partial charge in [0, 0.05) is 36.0 Å². The molecule has 1 aromatic carbocycles. The second kappa shape index (κ2) is 8.18. The highest BCUT2D eigenvalue weighted by Crippen LogP contribution is 2.33. The fraction of sp³-hybridized carbons (Fsp3) is 0.409. The summed E-state index contributed by atoms with van der Waals surface area (Å²) in [6, 6.07) is 6.67. The summed E-state index contributed by atoms with van der Waals surface area (Å²) in [4.78, 5) is 16.1. The van der Waals surface area contributed by atoms with Crippen LogP contribution in [0, 0.1) is 0 Å². The van der Waals surface area contributed by atoms with Crippen LogP contribution in [0.25, 0.3) is 10.9 Å². The van der Waals surface area contributed by atoms with Gasteiger partial charge in [-0.2, -0.15) is 18.3 Å². The zero-order valence-electron chi connectivity index (χ0n) is 17.6. The fourth-order valence-electron chi connectivity index (χ4n) is 3.74. The number of nitrogens with one attached hydrogen (secondary N) is 1. The van der Waals surface area contributed by atoms with Gasteiger partial charge in [-0.3, -0.25) is 9.48 Å². The molecule has 4 rings (SSSR count). The Balaban J connectivity index is 1.69. The molecule has 0 atom stereocenters. The predicted octanol–water partition coefficient (Wildman–Crippen LogP) is 4.28. The van der Waals surface area contributed by atoms with E-state index < -0.39 is 23.4 Å². The number of aliphatic hydroxyl groups is 1. The third-order valence-electron chi connectivity index (χ3n) is 5.41. The minimum absolute atomic E-state index is 0.189. The van der Waals surface area contributed by atoms with Crippen LogP contribution in [0.5, 0.6) is 0 Å². The molecule has 1 fully saturated rings. The molecule has 0 unspecified atom stereocenters. The van der Waals surface area contributed by atoms with E-state index in [1.807, 2.05) is 10.9 Å². The number of fused-ring (bicyclic) bond motifs is 1. The molecule has 0 saturated carbocycles. The van der Waals surface area contributed by atoms with Crippen LogP contribution in [-0.4, -0.2) is 39.0 Å². The molecule has 10 heteroatoms. The summed E-state index contributed by atoms with van der Waals surface area (Å²) in [7, 11) is 0. The van der Waals surface area contributed by atoms with Gasteiger partial charge in [-0.25, -0.2) is 4.98 Å². The molecular formula is C22H23F3N4O3. The maximum Gasteiger partial charge on any atom is 0.433 e. The van der Waals surface area contributed by atoms with Gasteiger partial charge in [-0.1, -0.05) is 6.07 Å². The first kappa shape index (κ1) is 22.2. The van der Waals surface area contributed by atoms with E-state index in [9.17, 15) is 23.1 Å². The molecule has 2 N–H and O–H groups in total. The predicted molar refractivity (Wildman–Crippen MR) is 111 cm³/mol. The van der Waals surface area contributed by atoms with Gasteiger partial charge in [-0.05, 0) is 51.0 Å². The van der Waals surface area contributed by atoms with Crippen molar-refractivity contribution >= 4 is 22.5 Å². The first-order chi connectivity index (χ1) is 15.0. The zero-order valence-corrected chi connectivity index (χ0v) is 17.6. The minimum atomic E-state index is -4.66. The average Bonchev–Trinajstić information content (AvgIpc) is 3.16. The molecule has 1 amide bonds. The van der Waals surface area contributed by atoms with Gasteiger partial charge in [-0.15, -0.1) is 0 Å². The van der Waals surface area contributed by atoms with Gasteiger partial charge in [0.05, 0.1) is 17.2 Å². The number of carbonyl (C=O) groups excluding carboxylic acids is 1. The third-order valence-corrected chi connectivity index (χ3v) is 5.41. The van der Waals surface area contributed by atoms with Crippen LogP contribution in [0.4, 0.5) is 18.9 Å². The number of amides is 1. The van der Waals surface area contributed by atoms with E-state index in [4.69, 9.17) is 4.74 Å². The largest absolute Gasteiger partial charge is 0.433 e. The Kier molecular flexibility index (Phi) is 5.68. The number of halogens is 3. The SMILES string of the molecule is CC(C)(O)c1cc2nn(C3CCOCC3)cc2cc1NC(=O)c1cccc(C(F)(F)F)n1. The number of alkyl halides is 3. The van der Waals surface area contributed by atoms with Gasteiger partial charge in [0.1, 0.15) is 11.4 Å². The fourth-order valence-corrected chi connectivity index (χ4v) is 3.74. The summed E-state index contributed by atoms with van der Waals surface area (Å²) in [5, 5.41) is 18.6. The molecule has 170 valence electrons. The van der Waals surface area contributed by atoms with Crippen molar-refractivity contribution in [1.29, 1.82) is 0 Å². The summed E-state index contributed by atoms with van der Waals surface area (Å²) in [6.07, 6.45) is -1.14. The highest BCUT2D eigenvalue weighted by Gasteiger charge is 2.33. The van der Waals surface area contributed by atoms with Crippen LogP contribution < -0.4 is 5.32 Å². The van der Waals surface area contributed by atoms with Crippen LogP contribution in [0.3, 0.4) is 0 Å². The molecule has 3 aromatic rings. The van der Waals surface area contributed by atoms with E-state index in [1.54, 1.807) is 26.0 Å². The van der Waals surface area contributed by atoms with Gasteiger partial charge in [0.15, 0.2) is 0 Å². The molecule has 32 heavy (non-hydrogen) atoms. The first-order valence-corrected chi connectivity index (χ1v) is 10.2. The number of hydrogen-bond donors (Lipinski definition) is 2. The van der Waals surface area contributed by atoms with Crippen molar-refractivity contribution in [1.82, 2.24) is 14.8 Å². The molecule has 1 aliphatic rings. The number of pyridine rings is 1. The highest BCUT2D eigenvalue weighted by molar-refractivity contribution is 6.04. The zero-order chi connectivity index (χ0) is 23.1. The Morgan fingerprint density at radius 1 is 1.22 bits per heavy atom. The van der Waals surface area contributed by atoms with Crippen molar-refractivity contribution in [2.24, 2.45) is 0 Å². The van der Waals surface area contributed by atoms with Gasteiger partial charge >= 0.3 is 6.18 Å². The molecule has 0 spiro atoms. The number of nitrogens with zero attached hydrogens (tertiary/aromatic N) is 3. The van der Waals surface area contributed by atoms with Crippen molar-refractivity contribution in [2.45, 2.75) is 44.5 Å². The number of carbonyl (C=O) groups is 1. The van der Waals surface area contributed by atoms with Gasteiger partial charge < -0.3 is 15.2 Å². The van der Waals surface area contributed by atoms with Crippen LogP contribution in [-0.2, 0) is 16.5 Å². The minimum Gasteiger partial charge on any atom is -0.386 e. The maximum atomic E-state index is 13.0. The van der Waals surface area contributed by atoms with Crippen LogP contribution in [0.1, 0.15) is 54.5 Å². The lowest BCUT2D eigenvalue weighted by molar-refractivity contribution is -0.141. The number of benzene rings is 1. The molecule has 1 aliphatic heterocycles. The molecule has 2 aromatic heterocycles. The highest BCUT2D eigenvalue weighted by atomic mass is 19.4. The monoisotopic (exact) mass is 448 g/mol. The summed E-state index contributed by atoms with van der Waals surface area (Å²) in [6.45, 7) is 4.42. The maximum absolute atomic E-state index is 13.0. The molecule has 0 bridgehead atoms. The smallest absolute Gasteiger partial charge is 0.386 e. The third kappa shape index (κ3) is 4.61. The number of anilines is 1. The second-order valence-corrected chi connectivity index (χ2v) is 8.33. The van der Waals surface area contributed by atoms with E-state index in [0.29, 0.717) is 24.3 Å². The molecule has 0 radical (unpaired) electrons. The van der Waals surface area contributed by atoms with E-state index >= 15 is 0 Å². The number of rotatable bonds is 4. The lowest BCUT2D eigenvalue weighted by atomic mass is 9.95. The molecule has 3 heterocycles. The Morgan fingerprint density at radius 3 is 2.59 bits per heavy atom. The van der Waals surface area contributed by atoms with Crippen molar-refractivity contribution in [2.75, 3.05) is 18.5 Å². The van der Waals surface area contributed by atoms with Gasteiger partial charge in [0.2, 0.25) is 0 Å². The topological polar surface area (TPSA) is 89.3 Å². The van der Waals surface area contributed by atoms with E-state index in [2.05, 4.69) is 15.4 Å². The van der Waals surface area contributed by atoms with Crippen LogP contribution in [0.15, 0.2) is 36.5 Å². The lowest BCUT2D eigenvalue weighted by Crippen LogP contribution is -2.22. The Morgan fingerprint density at radius 2 is 1.94 bits per heavy atom. The summed E-state index contributed by atoms with van der Waals surface area (Å²) < 4.78 is 46.2. The first-order valence-electron chi connectivity index (χ1n) is 10.2. The number of hydrogen-bond acceptors (Lipinski definition) is 5. The Bertz CT molecular complexity index is 1150. The normalized spacial score (nSPS) is 15.8. The average molecular weight is 448 g/mol. The second-order valence-electron chi connectivity index (χ2n) is 8.33. The Hall–Kier alpha value is -2.98. The summed E-state index contributed by atoms with van der Waals surface area (Å²) >= 11 is 0. The van der Waals surface area contributed by atoms with Crippen LogP contribution >= 0.6 is 0 Å². The van der Waals surface area contributed by atoms with E-state index in [0.717, 1.165) is 30.4 Å². The quantitative estimate of drug-likeness (QED) is 0.622. The van der Waals surface area contributed by atoms with Gasteiger partial charge in [0.25, 0.3) is 5.91 Å². The molecule has 0 aliphatic carbocycles. The van der Waals surface area contributed by atoms with Crippen molar-refractivity contribution in [3.8, 4) is 0 Å². The van der Waals surface area contributed by atoms with E-state index in [-0.39, 0.29) is 17.4 Å². The molecule has 7 nitrogen and oxygen atoms in total. The van der Waals surface area contributed by atoms with Crippen molar-refractivity contribution < 1.29 is 27.8 Å².